The van der Waals surface area contributed by atoms with Crippen molar-refractivity contribution in [3.05, 3.63) is 88.3 Å². The highest BCUT2D eigenvalue weighted by molar-refractivity contribution is 5.97. The number of pyridine rings is 1. The summed E-state index contributed by atoms with van der Waals surface area (Å²) in [7, 11) is 0. The SMILES string of the molecule is C=[n+]1c2c(c(-c3c(C)cc(C)cc3C)c3ccc(C(C)(C)C)cc31)[CH+]C=C(C)C=2. The Kier molecular flexibility index (Phi) is 4.46. The summed E-state index contributed by atoms with van der Waals surface area (Å²) in [4.78, 5) is 0. The second-order valence-electron chi connectivity index (χ2n) is 9.58. The monoisotopic (exact) mass is 381 g/mol. The van der Waals surface area contributed by atoms with Crippen molar-refractivity contribution in [3.63, 3.8) is 0 Å². The van der Waals surface area contributed by atoms with Crippen molar-refractivity contribution >= 4 is 17.0 Å². The van der Waals surface area contributed by atoms with Gasteiger partial charge in [0.05, 0.1) is 17.0 Å². The molecule has 0 N–H and O–H groups in total. The molecular formula is C28H31N+2. The summed E-state index contributed by atoms with van der Waals surface area (Å²) in [5.74, 6) is 0. The Hall–Kier alpha value is -2.80. The van der Waals surface area contributed by atoms with Gasteiger partial charge < -0.3 is 0 Å². The number of aromatic nitrogens is 1. The minimum absolute atomic E-state index is 0.0958. The molecule has 0 unspecified atom stereocenters. The van der Waals surface area contributed by atoms with Crippen LogP contribution in [0.25, 0.3) is 28.1 Å². The molecule has 0 bridgehead atoms. The molecule has 1 aromatic heterocycles. The van der Waals surface area contributed by atoms with Gasteiger partial charge in [-0.1, -0.05) is 44.5 Å². The van der Waals surface area contributed by atoms with Crippen LogP contribution in [-0.2, 0) is 5.41 Å². The van der Waals surface area contributed by atoms with Crippen molar-refractivity contribution < 1.29 is 4.24 Å². The lowest BCUT2D eigenvalue weighted by atomic mass is 9.83. The summed E-state index contributed by atoms with van der Waals surface area (Å²) in [6.07, 6.45) is 6.73. The average molecular weight is 382 g/mol. The van der Waals surface area contributed by atoms with Crippen LogP contribution in [0.5, 0.6) is 0 Å². The Morgan fingerprint density at radius 3 is 2.17 bits per heavy atom. The molecule has 0 saturated carbocycles. The van der Waals surface area contributed by atoms with Gasteiger partial charge in [-0.05, 0) is 55.9 Å². The van der Waals surface area contributed by atoms with Gasteiger partial charge in [0.25, 0.3) is 0 Å². The first-order valence-electron chi connectivity index (χ1n) is 10.4. The highest BCUT2D eigenvalue weighted by Crippen LogP contribution is 2.37. The first-order chi connectivity index (χ1) is 13.6. The van der Waals surface area contributed by atoms with E-state index in [9.17, 15) is 0 Å². The number of allylic oxidation sites excluding steroid dienone is 2. The Bertz CT molecular complexity index is 1270. The smallest absolute Gasteiger partial charge is 0.123 e. The molecule has 3 aromatic rings. The predicted octanol–water partition coefficient (Wildman–Crippen LogP) is 5.95. The van der Waals surface area contributed by atoms with E-state index >= 15 is 0 Å². The number of hydrogen-bond acceptors (Lipinski definition) is 0. The fraction of sp³-hybridized carbons (Fsp3) is 0.286. The topological polar surface area (TPSA) is 5.90 Å². The van der Waals surface area contributed by atoms with Crippen molar-refractivity contribution in [3.8, 4) is 11.1 Å². The van der Waals surface area contributed by atoms with E-state index in [-0.39, 0.29) is 5.41 Å². The molecule has 0 amide bonds. The van der Waals surface area contributed by atoms with E-state index in [4.69, 9.17) is 0 Å². The van der Waals surface area contributed by atoms with E-state index in [1.165, 1.54) is 60.8 Å². The predicted molar refractivity (Wildman–Crippen MR) is 124 cm³/mol. The molecule has 0 aliphatic heterocycles. The molecule has 1 heteroatoms. The van der Waals surface area contributed by atoms with Crippen LogP contribution in [0, 0.1) is 33.9 Å². The fourth-order valence-electron chi connectivity index (χ4n) is 4.63. The standard InChI is InChI=1S/C28H31N/c1-17-9-11-22-24(15-17)29(8)25-16-21(28(5,6)7)10-12-23(25)27(22)26-19(3)13-18(2)14-20(26)4/h9-16H,8H2,1-7H3/q+2. The number of fused-ring (bicyclic) bond motifs is 2. The molecule has 1 aliphatic rings. The fourth-order valence-corrected chi connectivity index (χ4v) is 4.63. The molecule has 146 valence electrons. The number of nitrogens with zero attached hydrogens (tertiary/aromatic N) is 1. The zero-order chi connectivity index (χ0) is 21.1. The van der Waals surface area contributed by atoms with Crippen LogP contribution in [0.3, 0.4) is 0 Å². The Morgan fingerprint density at radius 1 is 0.897 bits per heavy atom. The molecule has 0 radical (unpaired) electrons. The first-order valence-corrected chi connectivity index (χ1v) is 10.4. The van der Waals surface area contributed by atoms with Gasteiger partial charge in [0, 0.05) is 29.7 Å². The Balaban J connectivity index is 2.23. The van der Waals surface area contributed by atoms with Crippen LogP contribution in [0.1, 0.15) is 55.5 Å². The molecule has 1 aliphatic carbocycles. The van der Waals surface area contributed by atoms with E-state index in [1.54, 1.807) is 0 Å². The van der Waals surface area contributed by atoms with Crippen LogP contribution in [0.2, 0.25) is 0 Å². The van der Waals surface area contributed by atoms with Gasteiger partial charge in [-0.25, -0.2) is 0 Å². The zero-order valence-corrected chi connectivity index (χ0v) is 18.8. The van der Waals surface area contributed by atoms with E-state index in [2.05, 4.69) is 108 Å². The van der Waals surface area contributed by atoms with Crippen LogP contribution >= 0.6 is 0 Å². The van der Waals surface area contributed by atoms with Crippen LogP contribution in [-0.4, -0.2) is 0 Å². The third kappa shape index (κ3) is 3.19. The Labute approximate surface area is 174 Å². The van der Waals surface area contributed by atoms with E-state index in [0.29, 0.717) is 0 Å². The molecule has 0 atom stereocenters. The minimum Gasteiger partial charge on any atom is -0.123 e. The minimum atomic E-state index is 0.0958. The molecule has 0 saturated heterocycles. The molecule has 0 spiro atoms. The van der Waals surface area contributed by atoms with Crippen molar-refractivity contribution in [2.75, 3.05) is 0 Å². The highest BCUT2D eigenvalue weighted by atomic mass is 14.8. The molecule has 1 nitrogen and oxygen atoms in total. The van der Waals surface area contributed by atoms with Gasteiger partial charge in [-0.3, -0.25) is 0 Å². The number of benzene rings is 2. The number of aryl methyl sites for hydroxylation is 3. The van der Waals surface area contributed by atoms with Gasteiger partial charge in [-0.15, -0.1) is 4.24 Å². The molecule has 4 rings (SSSR count). The van der Waals surface area contributed by atoms with Gasteiger partial charge in [0.15, 0.2) is 5.56 Å². The van der Waals surface area contributed by atoms with Crippen molar-refractivity contribution in [1.82, 2.24) is 0 Å². The van der Waals surface area contributed by atoms with Crippen LogP contribution in [0.4, 0.5) is 0 Å². The molecule has 1 heterocycles. The summed E-state index contributed by atoms with van der Waals surface area (Å²) in [5.41, 5.74) is 11.8. The number of hydrogen-bond donors (Lipinski definition) is 0. The maximum atomic E-state index is 4.45. The largest absolute Gasteiger partial charge is 0.304 e. The van der Waals surface area contributed by atoms with Crippen LogP contribution in [0.15, 0.2) is 42.0 Å². The Morgan fingerprint density at radius 2 is 1.55 bits per heavy atom. The summed E-state index contributed by atoms with van der Waals surface area (Å²) in [6, 6.07) is 11.5. The van der Waals surface area contributed by atoms with Gasteiger partial charge in [-0.2, -0.15) is 0 Å². The maximum absolute atomic E-state index is 4.45. The second kappa shape index (κ2) is 6.62. The van der Waals surface area contributed by atoms with Gasteiger partial charge in [0.2, 0.25) is 5.52 Å². The first kappa shape index (κ1) is 19.5. The van der Waals surface area contributed by atoms with E-state index < -0.39 is 0 Å². The molecule has 2 aromatic carbocycles. The lowest BCUT2D eigenvalue weighted by Crippen LogP contribution is -2.40. The third-order valence-corrected chi connectivity index (χ3v) is 6.06. The van der Waals surface area contributed by atoms with Crippen LogP contribution < -0.4 is 9.59 Å². The summed E-state index contributed by atoms with van der Waals surface area (Å²) in [6.45, 7) is 20.0. The molecule has 29 heavy (non-hydrogen) atoms. The van der Waals surface area contributed by atoms with Crippen molar-refractivity contribution in [1.29, 1.82) is 0 Å². The highest BCUT2D eigenvalue weighted by Gasteiger charge is 2.30. The lowest BCUT2D eigenvalue weighted by molar-refractivity contribution is -0.484. The normalized spacial score (nSPS) is 13.6. The zero-order valence-electron chi connectivity index (χ0n) is 18.8. The summed E-state index contributed by atoms with van der Waals surface area (Å²) >= 11 is 0. The third-order valence-electron chi connectivity index (χ3n) is 6.06. The van der Waals surface area contributed by atoms with Crippen molar-refractivity contribution in [2.45, 2.75) is 53.9 Å². The van der Waals surface area contributed by atoms with Crippen molar-refractivity contribution in [2.24, 2.45) is 0 Å². The average Bonchev–Trinajstić information content (AvgIpc) is 2.62. The number of rotatable bonds is 1. The second-order valence-corrected chi connectivity index (χ2v) is 9.58. The van der Waals surface area contributed by atoms with Gasteiger partial charge >= 0.3 is 5.35 Å². The quantitative estimate of drug-likeness (QED) is 0.363. The summed E-state index contributed by atoms with van der Waals surface area (Å²) < 4.78 is 2.12. The molecular weight excluding hydrogens is 350 g/mol. The maximum Gasteiger partial charge on any atom is 0.304 e. The lowest BCUT2D eigenvalue weighted by Gasteiger charge is -2.19. The molecule has 0 fully saturated rings. The van der Waals surface area contributed by atoms with E-state index in [0.717, 1.165) is 0 Å². The van der Waals surface area contributed by atoms with E-state index in [1.807, 2.05) is 0 Å². The summed E-state index contributed by atoms with van der Waals surface area (Å²) in [5, 5.41) is 2.44. The van der Waals surface area contributed by atoms with Gasteiger partial charge in [0.1, 0.15) is 6.72 Å².